The predicted molar refractivity (Wildman–Crippen MR) is 62.5 cm³/mol. The van der Waals surface area contributed by atoms with Crippen molar-refractivity contribution in [1.29, 1.82) is 0 Å². The molecule has 1 aromatic carbocycles. The molecule has 98 valence electrons. The third-order valence-electron chi connectivity index (χ3n) is 2.46. The van der Waals surface area contributed by atoms with Crippen LogP contribution in [0.3, 0.4) is 0 Å². The molecule has 19 heavy (non-hydrogen) atoms. The fourth-order valence-corrected chi connectivity index (χ4v) is 1.54. The Morgan fingerprint density at radius 1 is 1.21 bits per heavy atom. The minimum absolute atomic E-state index is 0.0186. The van der Waals surface area contributed by atoms with E-state index in [-0.39, 0.29) is 17.3 Å². The predicted octanol–water partition coefficient (Wildman–Crippen LogP) is 3.37. The second-order valence-electron chi connectivity index (χ2n) is 3.90. The van der Waals surface area contributed by atoms with Crippen LogP contribution in [0.5, 0.6) is 0 Å². The molecule has 2 rings (SSSR count). The molecule has 2 aromatic rings. The molecule has 0 saturated heterocycles. The van der Waals surface area contributed by atoms with Crippen molar-refractivity contribution < 1.29 is 18.0 Å². The second-order valence-corrected chi connectivity index (χ2v) is 3.90. The average molecular weight is 266 g/mol. The third kappa shape index (κ3) is 2.96. The maximum absolute atomic E-state index is 12.6. The van der Waals surface area contributed by atoms with Crippen LogP contribution in [0.4, 0.5) is 13.2 Å². The van der Waals surface area contributed by atoms with E-state index in [2.05, 4.69) is 9.97 Å². The maximum atomic E-state index is 12.6. The Morgan fingerprint density at radius 2 is 1.95 bits per heavy atom. The largest absolute Gasteiger partial charge is 0.416 e. The Morgan fingerprint density at radius 3 is 2.58 bits per heavy atom. The summed E-state index contributed by atoms with van der Waals surface area (Å²) >= 11 is 0. The number of hydrogen-bond donors (Lipinski definition) is 0. The molecule has 0 amide bonds. The van der Waals surface area contributed by atoms with Crippen LogP contribution in [-0.4, -0.2) is 15.8 Å². The van der Waals surface area contributed by atoms with Gasteiger partial charge in [0.1, 0.15) is 0 Å². The first kappa shape index (κ1) is 13.2. The Balaban J connectivity index is 2.48. The van der Waals surface area contributed by atoms with E-state index in [0.717, 1.165) is 12.1 Å². The number of carbonyl (C=O) groups excluding carboxylic acids is 1. The normalized spacial score (nSPS) is 11.4. The monoisotopic (exact) mass is 266 g/mol. The van der Waals surface area contributed by atoms with Crippen LogP contribution in [0.15, 0.2) is 36.5 Å². The van der Waals surface area contributed by atoms with Gasteiger partial charge in [0.25, 0.3) is 0 Å². The quantitative estimate of drug-likeness (QED) is 0.783. The smallest absolute Gasteiger partial charge is 0.291 e. The first-order chi connectivity index (χ1) is 8.88. The summed E-state index contributed by atoms with van der Waals surface area (Å²) in [6.45, 7) is 1.30. The molecule has 0 bridgehead atoms. The highest BCUT2D eigenvalue weighted by molar-refractivity contribution is 5.90. The number of alkyl halides is 3. The van der Waals surface area contributed by atoms with Crippen LogP contribution in [-0.2, 0) is 6.18 Å². The van der Waals surface area contributed by atoms with E-state index in [9.17, 15) is 18.0 Å². The fourth-order valence-electron chi connectivity index (χ4n) is 1.54. The minimum Gasteiger partial charge on any atom is -0.291 e. The number of carbonyl (C=O) groups is 1. The average Bonchev–Trinajstić information content (AvgIpc) is 2.38. The van der Waals surface area contributed by atoms with Crippen LogP contribution >= 0.6 is 0 Å². The number of aromatic nitrogens is 2. The molecule has 0 aliphatic carbocycles. The molecule has 6 heteroatoms. The summed E-state index contributed by atoms with van der Waals surface area (Å²) in [5.74, 6) is -0.358. The van der Waals surface area contributed by atoms with E-state index >= 15 is 0 Å². The molecule has 0 spiro atoms. The number of benzene rings is 1. The van der Waals surface area contributed by atoms with Gasteiger partial charge in [-0.2, -0.15) is 13.2 Å². The number of Topliss-reactive ketones (excluding diaryl/α,β-unsaturated/α-hetero) is 1. The molecule has 0 unspecified atom stereocenters. The van der Waals surface area contributed by atoms with Gasteiger partial charge in [0.15, 0.2) is 11.6 Å². The molecule has 0 fully saturated rings. The van der Waals surface area contributed by atoms with E-state index in [1.165, 1.54) is 31.3 Å². The molecule has 3 nitrogen and oxygen atoms in total. The van der Waals surface area contributed by atoms with E-state index in [1.54, 1.807) is 0 Å². The molecular formula is C13H9F3N2O. The fraction of sp³-hybridized carbons (Fsp3) is 0.154. The zero-order valence-corrected chi connectivity index (χ0v) is 9.90. The van der Waals surface area contributed by atoms with Crippen molar-refractivity contribution in [2.75, 3.05) is 0 Å². The highest BCUT2D eigenvalue weighted by Gasteiger charge is 2.30. The van der Waals surface area contributed by atoms with Crippen molar-refractivity contribution in [2.24, 2.45) is 0 Å². The number of nitrogens with zero attached hydrogens (tertiary/aromatic N) is 2. The molecule has 0 aliphatic rings. The maximum Gasteiger partial charge on any atom is 0.416 e. The van der Waals surface area contributed by atoms with Crippen molar-refractivity contribution in [2.45, 2.75) is 13.1 Å². The molecule has 1 heterocycles. The zero-order valence-electron chi connectivity index (χ0n) is 9.90. The summed E-state index contributed by atoms with van der Waals surface area (Å²) in [7, 11) is 0. The Hall–Kier alpha value is -2.24. The number of halogens is 3. The molecule has 0 radical (unpaired) electrons. The van der Waals surface area contributed by atoms with Crippen LogP contribution in [0, 0.1) is 0 Å². The summed E-state index contributed by atoms with van der Waals surface area (Å²) in [6.07, 6.45) is -3.06. The first-order valence-electron chi connectivity index (χ1n) is 5.39. The molecule has 0 aliphatic heterocycles. The van der Waals surface area contributed by atoms with Gasteiger partial charge in [-0.3, -0.25) is 4.79 Å². The third-order valence-corrected chi connectivity index (χ3v) is 2.46. The SMILES string of the molecule is CC(=O)c1nccc(-c2cccc(C(F)(F)F)c2)n1. The summed E-state index contributed by atoms with van der Waals surface area (Å²) in [5, 5.41) is 0. The summed E-state index contributed by atoms with van der Waals surface area (Å²) < 4.78 is 37.8. The van der Waals surface area contributed by atoms with Crippen LogP contribution < -0.4 is 0 Å². The first-order valence-corrected chi connectivity index (χ1v) is 5.39. The lowest BCUT2D eigenvalue weighted by molar-refractivity contribution is -0.137. The Bertz CT molecular complexity index is 623. The van der Waals surface area contributed by atoms with E-state index < -0.39 is 11.7 Å². The van der Waals surface area contributed by atoms with Crippen molar-refractivity contribution in [3.63, 3.8) is 0 Å². The Labute approximate surface area is 107 Å². The molecule has 0 N–H and O–H groups in total. The summed E-state index contributed by atoms with van der Waals surface area (Å²) in [4.78, 5) is 18.8. The van der Waals surface area contributed by atoms with E-state index in [4.69, 9.17) is 0 Å². The van der Waals surface area contributed by atoms with E-state index in [1.807, 2.05) is 0 Å². The number of rotatable bonds is 2. The Kier molecular flexibility index (Phi) is 3.33. The lowest BCUT2D eigenvalue weighted by Crippen LogP contribution is -2.05. The standard InChI is InChI=1S/C13H9F3N2O/c1-8(19)12-17-6-5-11(18-12)9-3-2-4-10(7-9)13(14,15)16/h2-7H,1H3. The number of hydrogen-bond acceptors (Lipinski definition) is 3. The lowest BCUT2D eigenvalue weighted by Gasteiger charge is -2.08. The summed E-state index contributed by atoms with van der Waals surface area (Å²) in [6, 6.07) is 6.24. The van der Waals surface area contributed by atoms with Crippen molar-refractivity contribution in [3.05, 3.63) is 47.9 Å². The van der Waals surface area contributed by atoms with Crippen LogP contribution in [0.1, 0.15) is 23.1 Å². The van der Waals surface area contributed by atoms with Gasteiger partial charge in [-0.25, -0.2) is 9.97 Å². The minimum atomic E-state index is -4.41. The van der Waals surface area contributed by atoms with Crippen LogP contribution in [0.2, 0.25) is 0 Å². The van der Waals surface area contributed by atoms with Crippen molar-refractivity contribution >= 4 is 5.78 Å². The molecule has 0 saturated carbocycles. The van der Waals surface area contributed by atoms with Crippen molar-refractivity contribution in [1.82, 2.24) is 9.97 Å². The summed E-state index contributed by atoms with van der Waals surface area (Å²) in [5.41, 5.74) is -0.181. The second kappa shape index (κ2) is 4.79. The van der Waals surface area contributed by atoms with E-state index in [0.29, 0.717) is 5.56 Å². The number of ketones is 1. The zero-order chi connectivity index (χ0) is 14.0. The van der Waals surface area contributed by atoms with Crippen LogP contribution in [0.25, 0.3) is 11.3 Å². The van der Waals surface area contributed by atoms with Gasteiger partial charge in [-0.1, -0.05) is 12.1 Å². The topological polar surface area (TPSA) is 42.9 Å². The van der Waals surface area contributed by atoms with Gasteiger partial charge >= 0.3 is 6.18 Å². The lowest BCUT2D eigenvalue weighted by atomic mass is 10.1. The molecular weight excluding hydrogens is 257 g/mol. The highest BCUT2D eigenvalue weighted by atomic mass is 19.4. The molecule has 0 atom stereocenters. The van der Waals surface area contributed by atoms with Gasteiger partial charge in [0.05, 0.1) is 11.3 Å². The molecule has 1 aromatic heterocycles. The highest BCUT2D eigenvalue weighted by Crippen LogP contribution is 2.31. The van der Waals surface area contributed by atoms with Gasteiger partial charge in [0.2, 0.25) is 0 Å². The van der Waals surface area contributed by atoms with Gasteiger partial charge in [-0.15, -0.1) is 0 Å². The van der Waals surface area contributed by atoms with Gasteiger partial charge in [-0.05, 0) is 18.2 Å². The van der Waals surface area contributed by atoms with Gasteiger partial charge < -0.3 is 0 Å². The van der Waals surface area contributed by atoms with Gasteiger partial charge in [0, 0.05) is 18.7 Å². The van der Waals surface area contributed by atoms with Crippen molar-refractivity contribution in [3.8, 4) is 11.3 Å².